The van der Waals surface area contributed by atoms with Gasteiger partial charge in [0, 0.05) is 0 Å². The van der Waals surface area contributed by atoms with E-state index in [1.54, 1.807) is 0 Å². The first-order chi connectivity index (χ1) is 6.12. The molecule has 0 aliphatic carbocycles. The molecule has 0 aromatic rings. The number of hydrogen-bond donors (Lipinski definition) is 0. The predicted octanol–water partition coefficient (Wildman–Crippen LogP) is 4.49. The van der Waals surface area contributed by atoms with Crippen LogP contribution in [0.1, 0.15) is 39.5 Å². The van der Waals surface area contributed by atoms with Crippen molar-refractivity contribution >= 4 is 8.07 Å². The second kappa shape index (κ2) is 7.13. The van der Waals surface area contributed by atoms with E-state index in [0.29, 0.717) is 0 Å². The summed E-state index contributed by atoms with van der Waals surface area (Å²) in [6.45, 7) is 9.24. The summed E-state index contributed by atoms with van der Waals surface area (Å²) in [5.74, 6) is 0. The number of rotatable bonds is 6. The maximum atomic E-state index is 2.45. The Balaban J connectivity index is 3.91. The molecule has 0 unspecified atom stereocenters. The van der Waals surface area contributed by atoms with Crippen molar-refractivity contribution in [1.29, 1.82) is 0 Å². The van der Waals surface area contributed by atoms with Crippen molar-refractivity contribution in [2.24, 2.45) is 0 Å². The van der Waals surface area contributed by atoms with Gasteiger partial charge in [-0.1, -0.05) is 63.3 Å². The van der Waals surface area contributed by atoms with E-state index < -0.39 is 8.07 Å². The van der Waals surface area contributed by atoms with Gasteiger partial charge in [0.1, 0.15) is 0 Å². The van der Waals surface area contributed by atoms with Crippen LogP contribution in [-0.2, 0) is 0 Å². The molecule has 0 nitrogen and oxygen atoms in total. The summed E-state index contributed by atoms with van der Waals surface area (Å²) in [4.78, 5) is 0. The van der Waals surface area contributed by atoms with Crippen LogP contribution in [0.2, 0.25) is 13.1 Å². The second-order valence-corrected chi connectivity index (χ2v) is 8.51. The normalized spacial score (nSPS) is 13.2. The van der Waals surface area contributed by atoms with E-state index >= 15 is 0 Å². The van der Waals surface area contributed by atoms with E-state index in [4.69, 9.17) is 0 Å². The van der Waals surface area contributed by atoms with Crippen LogP contribution in [0.3, 0.4) is 0 Å². The zero-order chi connectivity index (χ0) is 10.2. The fourth-order valence-corrected chi connectivity index (χ4v) is 2.82. The molecule has 0 bridgehead atoms. The number of hydrogen-bond acceptors (Lipinski definition) is 0. The smallest absolute Gasteiger partial charge is 0.0947 e. The SMILES string of the molecule is CCCC=C[Si](C)(C)C=CCCC. The van der Waals surface area contributed by atoms with Gasteiger partial charge in [-0.15, -0.1) is 0 Å². The highest BCUT2D eigenvalue weighted by Crippen LogP contribution is 2.08. The Morgan fingerprint density at radius 1 is 0.846 bits per heavy atom. The largest absolute Gasteiger partial charge is 0.0948 e. The van der Waals surface area contributed by atoms with Gasteiger partial charge in [-0.3, -0.25) is 0 Å². The lowest BCUT2D eigenvalue weighted by molar-refractivity contribution is 0.958. The topological polar surface area (TPSA) is 0 Å². The molecule has 0 heterocycles. The molecule has 0 saturated carbocycles. The lowest BCUT2D eigenvalue weighted by Gasteiger charge is -2.11. The van der Waals surface area contributed by atoms with Crippen LogP contribution in [0, 0.1) is 0 Å². The van der Waals surface area contributed by atoms with Crippen LogP contribution in [0.25, 0.3) is 0 Å². The van der Waals surface area contributed by atoms with Gasteiger partial charge >= 0.3 is 0 Å². The Labute approximate surface area is 84.8 Å². The molecule has 0 aromatic carbocycles. The minimum Gasteiger partial charge on any atom is -0.0948 e. The average molecular weight is 196 g/mol. The number of allylic oxidation sites excluding steroid dienone is 2. The lowest BCUT2D eigenvalue weighted by Crippen LogP contribution is -2.18. The highest BCUT2D eigenvalue weighted by Gasteiger charge is 2.10. The summed E-state index contributed by atoms with van der Waals surface area (Å²) in [5.41, 5.74) is 4.89. The van der Waals surface area contributed by atoms with Crippen LogP contribution in [0.15, 0.2) is 23.6 Å². The van der Waals surface area contributed by atoms with Crippen LogP contribution < -0.4 is 0 Å². The minimum atomic E-state index is -1.14. The first-order valence-corrected chi connectivity index (χ1v) is 8.63. The lowest BCUT2D eigenvalue weighted by atomic mass is 10.3. The summed E-state index contributed by atoms with van der Waals surface area (Å²) in [6.07, 6.45) is 9.69. The van der Waals surface area contributed by atoms with Crippen LogP contribution >= 0.6 is 0 Å². The molecule has 0 radical (unpaired) electrons. The molecule has 0 aliphatic rings. The summed E-state index contributed by atoms with van der Waals surface area (Å²) in [6, 6.07) is 0. The van der Waals surface area contributed by atoms with Crippen LogP contribution in [0.4, 0.5) is 0 Å². The van der Waals surface area contributed by atoms with Gasteiger partial charge in [-0.25, -0.2) is 0 Å². The van der Waals surface area contributed by atoms with E-state index in [2.05, 4.69) is 50.5 Å². The molecule has 0 atom stereocenters. The van der Waals surface area contributed by atoms with Crippen molar-refractivity contribution in [3.63, 3.8) is 0 Å². The third-order valence-electron chi connectivity index (χ3n) is 2.01. The van der Waals surface area contributed by atoms with Gasteiger partial charge in [-0.2, -0.15) is 0 Å². The Morgan fingerprint density at radius 3 is 1.54 bits per heavy atom. The van der Waals surface area contributed by atoms with E-state index in [9.17, 15) is 0 Å². The Kier molecular flexibility index (Phi) is 6.97. The molecule has 13 heavy (non-hydrogen) atoms. The predicted molar refractivity (Wildman–Crippen MR) is 65.6 cm³/mol. The zero-order valence-electron chi connectivity index (χ0n) is 9.64. The van der Waals surface area contributed by atoms with Crippen molar-refractivity contribution in [3.05, 3.63) is 23.6 Å². The van der Waals surface area contributed by atoms with Crippen molar-refractivity contribution in [3.8, 4) is 0 Å². The minimum absolute atomic E-state index is 1.14. The monoisotopic (exact) mass is 196 g/mol. The molecule has 0 amide bonds. The molecule has 0 spiro atoms. The first-order valence-electron chi connectivity index (χ1n) is 5.47. The third kappa shape index (κ3) is 8.04. The van der Waals surface area contributed by atoms with Gasteiger partial charge in [-0.05, 0) is 12.8 Å². The molecule has 0 aliphatic heterocycles. The van der Waals surface area contributed by atoms with E-state index in [-0.39, 0.29) is 0 Å². The van der Waals surface area contributed by atoms with E-state index in [0.717, 1.165) is 0 Å². The Bertz CT molecular complexity index is 148. The van der Waals surface area contributed by atoms with Gasteiger partial charge < -0.3 is 0 Å². The quantitative estimate of drug-likeness (QED) is 0.549. The van der Waals surface area contributed by atoms with Gasteiger partial charge in [0.25, 0.3) is 0 Å². The van der Waals surface area contributed by atoms with Crippen molar-refractivity contribution in [2.45, 2.75) is 52.6 Å². The fraction of sp³-hybridized carbons (Fsp3) is 0.667. The number of unbranched alkanes of at least 4 members (excludes halogenated alkanes) is 2. The zero-order valence-corrected chi connectivity index (χ0v) is 10.6. The summed E-state index contributed by atoms with van der Waals surface area (Å²) < 4.78 is 0. The van der Waals surface area contributed by atoms with E-state index in [1.165, 1.54) is 25.7 Å². The molecule has 0 fully saturated rings. The van der Waals surface area contributed by atoms with Crippen molar-refractivity contribution in [1.82, 2.24) is 0 Å². The molecule has 0 rings (SSSR count). The standard InChI is InChI=1S/C12H24Si/c1-5-7-9-11-13(3,4)12-10-8-6-2/h9-12H,5-8H2,1-4H3. The van der Waals surface area contributed by atoms with Crippen molar-refractivity contribution < 1.29 is 0 Å². The van der Waals surface area contributed by atoms with Gasteiger partial charge in [0.05, 0.1) is 8.07 Å². The Morgan fingerprint density at radius 2 is 1.23 bits per heavy atom. The summed E-state index contributed by atoms with van der Waals surface area (Å²) in [5, 5.41) is 0. The van der Waals surface area contributed by atoms with Crippen LogP contribution in [0.5, 0.6) is 0 Å². The maximum Gasteiger partial charge on any atom is 0.0947 e. The molecule has 0 aromatic heterocycles. The highest BCUT2D eigenvalue weighted by molar-refractivity contribution is 6.86. The third-order valence-corrected chi connectivity index (χ3v) is 4.20. The maximum absolute atomic E-state index is 2.45. The molecule has 76 valence electrons. The molecular weight excluding hydrogens is 172 g/mol. The summed E-state index contributed by atoms with van der Waals surface area (Å²) in [7, 11) is -1.14. The first kappa shape index (κ1) is 12.7. The Hall–Kier alpha value is -0.303. The highest BCUT2D eigenvalue weighted by atomic mass is 28.3. The fourth-order valence-electron chi connectivity index (χ4n) is 1.16. The molecule has 0 saturated heterocycles. The van der Waals surface area contributed by atoms with Crippen LogP contribution in [-0.4, -0.2) is 8.07 Å². The molecular formula is C12H24Si. The van der Waals surface area contributed by atoms with E-state index in [1.807, 2.05) is 0 Å². The van der Waals surface area contributed by atoms with Gasteiger partial charge in [0.15, 0.2) is 0 Å². The summed E-state index contributed by atoms with van der Waals surface area (Å²) >= 11 is 0. The van der Waals surface area contributed by atoms with Crippen molar-refractivity contribution in [2.75, 3.05) is 0 Å². The second-order valence-electron chi connectivity index (χ2n) is 4.20. The molecule has 0 N–H and O–H groups in total. The van der Waals surface area contributed by atoms with Gasteiger partial charge in [0.2, 0.25) is 0 Å². The average Bonchev–Trinajstić information content (AvgIpc) is 2.05. The molecule has 1 heteroatoms.